The number of rotatable bonds is 2. The van der Waals surface area contributed by atoms with Crippen LogP contribution in [0, 0.1) is 0 Å². The van der Waals surface area contributed by atoms with Crippen LogP contribution in [0.1, 0.15) is 29.6 Å². The lowest BCUT2D eigenvalue weighted by atomic mass is 10.1. The van der Waals surface area contributed by atoms with Crippen LogP contribution in [0.25, 0.3) is 0 Å². The molecule has 2 N–H and O–H groups in total. The normalized spacial score (nSPS) is 23.3. The zero-order valence-electron chi connectivity index (χ0n) is 9.17. The summed E-state index contributed by atoms with van der Waals surface area (Å²) in [5.74, 6) is 2.40. The molecule has 1 fully saturated rings. The minimum atomic E-state index is 0.450. The molecule has 82 valence electrons. The van der Waals surface area contributed by atoms with E-state index in [1.54, 1.807) is 4.68 Å². The summed E-state index contributed by atoms with van der Waals surface area (Å²) in [6, 6.07) is 10.5. The molecule has 2 aromatic rings. The molecule has 1 aromatic carbocycles. The summed E-state index contributed by atoms with van der Waals surface area (Å²) in [7, 11) is 1.83. The number of nitrogens with two attached hydrogens (primary N) is 1. The van der Waals surface area contributed by atoms with Crippen molar-refractivity contribution in [2.75, 3.05) is 5.73 Å². The standard InChI is InChI=1S/C12H14N4/c1-16-12(13)14-11(15-16)10-7-9(10)8-5-3-2-4-6-8/h2-6,9-10H,7H2,1H3,(H2,13,14,15). The van der Waals surface area contributed by atoms with E-state index in [0.717, 1.165) is 12.2 Å². The highest BCUT2D eigenvalue weighted by atomic mass is 15.4. The van der Waals surface area contributed by atoms with Gasteiger partial charge in [-0.2, -0.15) is 10.1 Å². The van der Waals surface area contributed by atoms with Gasteiger partial charge in [-0.05, 0) is 17.9 Å². The minimum Gasteiger partial charge on any atom is -0.368 e. The van der Waals surface area contributed by atoms with Crippen LogP contribution in [-0.4, -0.2) is 14.8 Å². The van der Waals surface area contributed by atoms with E-state index in [0.29, 0.717) is 17.8 Å². The molecule has 2 atom stereocenters. The monoisotopic (exact) mass is 214 g/mol. The van der Waals surface area contributed by atoms with Gasteiger partial charge in [-0.1, -0.05) is 30.3 Å². The van der Waals surface area contributed by atoms with Crippen LogP contribution in [0.3, 0.4) is 0 Å². The Labute approximate surface area is 94.1 Å². The van der Waals surface area contributed by atoms with Crippen LogP contribution in [0.2, 0.25) is 0 Å². The number of nitrogen functional groups attached to an aromatic ring is 1. The first-order chi connectivity index (χ1) is 7.75. The minimum absolute atomic E-state index is 0.450. The maximum Gasteiger partial charge on any atom is 0.218 e. The molecule has 3 rings (SSSR count). The number of aryl methyl sites for hydroxylation is 1. The summed E-state index contributed by atoms with van der Waals surface area (Å²) in [5, 5.41) is 4.33. The Morgan fingerprint density at radius 2 is 2.00 bits per heavy atom. The van der Waals surface area contributed by atoms with Gasteiger partial charge in [-0.25, -0.2) is 4.68 Å². The Hall–Kier alpha value is -1.84. The first-order valence-electron chi connectivity index (χ1n) is 5.47. The number of nitrogens with zero attached hydrogens (tertiary/aromatic N) is 3. The van der Waals surface area contributed by atoms with Crippen LogP contribution in [0.4, 0.5) is 5.95 Å². The average Bonchev–Trinajstić information content (AvgIpc) is 3.03. The van der Waals surface area contributed by atoms with Gasteiger partial charge >= 0.3 is 0 Å². The maximum atomic E-state index is 5.68. The predicted octanol–water partition coefficient (Wildman–Crippen LogP) is 1.67. The molecular formula is C12H14N4. The van der Waals surface area contributed by atoms with Crippen LogP contribution in [0.15, 0.2) is 30.3 Å². The topological polar surface area (TPSA) is 56.7 Å². The first-order valence-corrected chi connectivity index (χ1v) is 5.47. The van der Waals surface area contributed by atoms with Crippen LogP contribution < -0.4 is 5.73 Å². The Morgan fingerprint density at radius 3 is 2.62 bits per heavy atom. The Balaban J connectivity index is 1.82. The second-order valence-corrected chi connectivity index (χ2v) is 4.31. The third kappa shape index (κ3) is 1.46. The smallest absolute Gasteiger partial charge is 0.218 e. The van der Waals surface area contributed by atoms with Crippen molar-refractivity contribution < 1.29 is 0 Å². The number of aromatic nitrogens is 3. The zero-order chi connectivity index (χ0) is 11.1. The molecule has 2 unspecified atom stereocenters. The molecule has 1 aliphatic rings. The number of hydrogen-bond acceptors (Lipinski definition) is 3. The molecule has 0 aliphatic heterocycles. The van der Waals surface area contributed by atoms with Gasteiger partial charge in [0.1, 0.15) is 0 Å². The van der Waals surface area contributed by atoms with Crippen molar-refractivity contribution in [2.24, 2.45) is 7.05 Å². The molecule has 1 heterocycles. The lowest BCUT2D eigenvalue weighted by Gasteiger charge is -1.96. The fraction of sp³-hybridized carbons (Fsp3) is 0.333. The molecule has 0 bridgehead atoms. The van der Waals surface area contributed by atoms with E-state index in [4.69, 9.17) is 5.73 Å². The molecule has 0 spiro atoms. The first kappa shape index (κ1) is 9.39. The van der Waals surface area contributed by atoms with Gasteiger partial charge in [-0.3, -0.25) is 0 Å². The molecule has 0 saturated heterocycles. The lowest BCUT2D eigenvalue weighted by molar-refractivity contribution is 0.749. The van der Waals surface area contributed by atoms with Crippen molar-refractivity contribution in [3.05, 3.63) is 41.7 Å². The summed E-state index contributed by atoms with van der Waals surface area (Å²) in [6.45, 7) is 0. The molecule has 1 aromatic heterocycles. The molecule has 4 heteroatoms. The van der Waals surface area contributed by atoms with Gasteiger partial charge < -0.3 is 5.73 Å². The van der Waals surface area contributed by atoms with E-state index < -0.39 is 0 Å². The van der Waals surface area contributed by atoms with E-state index in [-0.39, 0.29) is 0 Å². The highest BCUT2D eigenvalue weighted by Crippen LogP contribution is 2.53. The Bertz CT molecular complexity index is 483. The van der Waals surface area contributed by atoms with E-state index in [9.17, 15) is 0 Å². The van der Waals surface area contributed by atoms with Crippen LogP contribution in [-0.2, 0) is 7.05 Å². The summed E-state index contributed by atoms with van der Waals surface area (Å²) in [4.78, 5) is 4.28. The molecule has 1 saturated carbocycles. The molecule has 1 aliphatic carbocycles. The molecule has 0 radical (unpaired) electrons. The second-order valence-electron chi connectivity index (χ2n) is 4.31. The number of benzene rings is 1. The predicted molar refractivity (Wildman–Crippen MR) is 62.0 cm³/mol. The highest BCUT2D eigenvalue weighted by molar-refractivity contribution is 5.32. The van der Waals surface area contributed by atoms with Crippen molar-refractivity contribution in [2.45, 2.75) is 18.3 Å². The Kier molecular flexibility index (Phi) is 1.96. The molecular weight excluding hydrogens is 200 g/mol. The van der Waals surface area contributed by atoms with Crippen molar-refractivity contribution in [1.82, 2.24) is 14.8 Å². The summed E-state index contributed by atoms with van der Waals surface area (Å²) in [6.07, 6.45) is 1.13. The van der Waals surface area contributed by atoms with Crippen LogP contribution >= 0.6 is 0 Å². The second kappa shape index (κ2) is 3.33. The lowest BCUT2D eigenvalue weighted by Crippen LogP contribution is -1.97. The fourth-order valence-electron chi connectivity index (χ4n) is 2.12. The van der Waals surface area contributed by atoms with Gasteiger partial charge in [0.2, 0.25) is 5.95 Å². The number of hydrogen-bond donors (Lipinski definition) is 1. The summed E-state index contributed by atoms with van der Waals surface area (Å²) in [5.41, 5.74) is 7.05. The molecule has 16 heavy (non-hydrogen) atoms. The van der Waals surface area contributed by atoms with E-state index in [1.807, 2.05) is 13.1 Å². The van der Waals surface area contributed by atoms with Gasteiger partial charge in [-0.15, -0.1) is 0 Å². The third-order valence-electron chi connectivity index (χ3n) is 3.16. The third-order valence-corrected chi connectivity index (χ3v) is 3.16. The highest BCUT2D eigenvalue weighted by Gasteiger charge is 2.42. The zero-order valence-corrected chi connectivity index (χ0v) is 9.17. The Morgan fingerprint density at radius 1 is 1.25 bits per heavy atom. The fourth-order valence-corrected chi connectivity index (χ4v) is 2.12. The SMILES string of the molecule is Cn1nc(C2CC2c2ccccc2)nc1N. The van der Waals surface area contributed by atoms with E-state index >= 15 is 0 Å². The van der Waals surface area contributed by atoms with E-state index in [2.05, 4.69) is 34.3 Å². The van der Waals surface area contributed by atoms with Gasteiger partial charge in [0.25, 0.3) is 0 Å². The molecule has 0 amide bonds. The summed E-state index contributed by atoms with van der Waals surface area (Å²) < 4.78 is 1.63. The quantitative estimate of drug-likeness (QED) is 0.827. The maximum absolute atomic E-state index is 5.68. The van der Waals surface area contributed by atoms with Crippen LogP contribution in [0.5, 0.6) is 0 Å². The van der Waals surface area contributed by atoms with Crippen molar-refractivity contribution >= 4 is 5.95 Å². The van der Waals surface area contributed by atoms with Crippen molar-refractivity contribution in [1.29, 1.82) is 0 Å². The van der Waals surface area contributed by atoms with Crippen molar-refractivity contribution in [3.63, 3.8) is 0 Å². The van der Waals surface area contributed by atoms with E-state index in [1.165, 1.54) is 5.56 Å². The number of anilines is 1. The summed E-state index contributed by atoms with van der Waals surface area (Å²) >= 11 is 0. The van der Waals surface area contributed by atoms with Gasteiger partial charge in [0, 0.05) is 13.0 Å². The van der Waals surface area contributed by atoms with Gasteiger partial charge in [0.15, 0.2) is 5.82 Å². The average molecular weight is 214 g/mol. The van der Waals surface area contributed by atoms with Crippen molar-refractivity contribution in [3.8, 4) is 0 Å². The molecule has 4 nitrogen and oxygen atoms in total. The van der Waals surface area contributed by atoms with Gasteiger partial charge in [0.05, 0.1) is 0 Å². The largest absolute Gasteiger partial charge is 0.368 e.